The summed E-state index contributed by atoms with van der Waals surface area (Å²) in [5.74, 6) is -0.136. The number of pyridine rings is 1. The molecule has 1 aromatic rings. The topological polar surface area (TPSA) is 50.9 Å². The summed E-state index contributed by atoms with van der Waals surface area (Å²) in [4.78, 5) is 3.67. The van der Waals surface area contributed by atoms with Gasteiger partial charge in [-0.1, -0.05) is 0 Å². The van der Waals surface area contributed by atoms with Crippen LogP contribution in [0.25, 0.3) is 0 Å². The van der Waals surface area contributed by atoms with Crippen molar-refractivity contribution in [3.05, 3.63) is 23.9 Å². The van der Waals surface area contributed by atoms with Gasteiger partial charge in [-0.3, -0.25) is 0 Å². The van der Waals surface area contributed by atoms with E-state index in [0.29, 0.717) is 6.42 Å². The summed E-state index contributed by atoms with van der Waals surface area (Å²) in [6.45, 7) is 0. The normalized spacial score (nSPS) is 25.1. The predicted octanol–water partition coefficient (Wildman–Crippen LogP) is 1.61. The average molecular weight is 217 g/mol. The molecule has 1 fully saturated rings. The van der Waals surface area contributed by atoms with Crippen molar-refractivity contribution in [3.8, 4) is 0 Å². The Balaban J connectivity index is 2.22. The summed E-state index contributed by atoms with van der Waals surface area (Å²) in [7, 11) is 0. The van der Waals surface area contributed by atoms with Crippen LogP contribution in [-0.2, 0) is 6.18 Å². The van der Waals surface area contributed by atoms with Gasteiger partial charge < -0.3 is 11.1 Å². The maximum Gasteiger partial charge on any atom is 0.419 e. The molecule has 3 N–H and O–H groups in total. The lowest BCUT2D eigenvalue weighted by Gasteiger charge is -2.12. The first-order valence-electron chi connectivity index (χ1n) is 4.53. The molecule has 0 spiro atoms. The standard InChI is InChI=1S/C9H10F3N3/c10-9(11,12)5-2-1-3-14-8(5)15-7-4-6(7)13/h1-3,6-7H,4,13H2,(H,14,15). The van der Waals surface area contributed by atoms with Gasteiger partial charge in [0.2, 0.25) is 0 Å². The van der Waals surface area contributed by atoms with Crippen LogP contribution in [0.5, 0.6) is 0 Å². The third-order valence-corrected chi connectivity index (χ3v) is 2.28. The second-order valence-corrected chi connectivity index (χ2v) is 3.55. The molecule has 0 aliphatic heterocycles. The Morgan fingerprint density at radius 2 is 2.13 bits per heavy atom. The average Bonchev–Trinajstić information content (AvgIpc) is 2.81. The van der Waals surface area contributed by atoms with Gasteiger partial charge >= 0.3 is 6.18 Å². The van der Waals surface area contributed by atoms with Crippen molar-refractivity contribution in [2.45, 2.75) is 24.7 Å². The second kappa shape index (κ2) is 3.37. The molecule has 0 bridgehead atoms. The minimum Gasteiger partial charge on any atom is -0.365 e. The first-order valence-corrected chi connectivity index (χ1v) is 4.53. The molecule has 82 valence electrons. The van der Waals surface area contributed by atoms with Gasteiger partial charge in [-0.05, 0) is 18.6 Å². The molecule has 0 saturated heterocycles. The van der Waals surface area contributed by atoms with Gasteiger partial charge in [0.25, 0.3) is 0 Å². The molecule has 2 rings (SSSR count). The molecule has 2 atom stereocenters. The van der Waals surface area contributed by atoms with Gasteiger partial charge in [0, 0.05) is 18.3 Å². The van der Waals surface area contributed by atoms with Gasteiger partial charge in [0.05, 0.1) is 5.56 Å². The predicted molar refractivity (Wildman–Crippen MR) is 49.2 cm³/mol. The van der Waals surface area contributed by atoms with E-state index in [-0.39, 0.29) is 17.9 Å². The fraction of sp³-hybridized carbons (Fsp3) is 0.444. The van der Waals surface area contributed by atoms with Crippen LogP contribution in [-0.4, -0.2) is 17.1 Å². The monoisotopic (exact) mass is 217 g/mol. The number of anilines is 1. The van der Waals surface area contributed by atoms with Crippen LogP contribution in [0.3, 0.4) is 0 Å². The molecule has 6 heteroatoms. The Morgan fingerprint density at radius 1 is 1.47 bits per heavy atom. The largest absolute Gasteiger partial charge is 0.419 e. The summed E-state index contributed by atoms with van der Waals surface area (Å²) in [6, 6.07) is 2.12. The van der Waals surface area contributed by atoms with E-state index in [1.165, 1.54) is 12.3 Å². The van der Waals surface area contributed by atoms with Gasteiger partial charge in [-0.25, -0.2) is 4.98 Å². The van der Waals surface area contributed by atoms with Gasteiger partial charge in [0.15, 0.2) is 0 Å². The zero-order valence-corrected chi connectivity index (χ0v) is 7.75. The number of alkyl halides is 3. The smallest absolute Gasteiger partial charge is 0.365 e. The number of nitrogens with one attached hydrogen (secondary N) is 1. The number of aromatic nitrogens is 1. The lowest BCUT2D eigenvalue weighted by atomic mass is 10.2. The Labute approximate surface area is 84.5 Å². The van der Waals surface area contributed by atoms with Gasteiger partial charge in [-0.2, -0.15) is 13.2 Å². The van der Waals surface area contributed by atoms with Crippen molar-refractivity contribution in [1.82, 2.24) is 4.98 Å². The van der Waals surface area contributed by atoms with E-state index in [1.54, 1.807) is 0 Å². The van der Waals surface area contributed by atoms with E-state index in [4.69, 9.17) is 5.73 Å². The molecular formula is C9H10F3N3. The highest BCUT2D eigenvalue weighted by Gasteiger charge is 2.38. The fourth-order valence-corrected chi connectivity index (χ4v) is 1.31. The van der Waals surface area contributed by atoms with Gasteiger partial charge in [-0.15, -0.1) is 0 Å². The summed E-state index contributed by atoms with van der Waals surface area (Å²) < 4.78 is 37.5. The van der Waals surface area contributed by atoms with Crippen molar-refractivity contribution in [2.24, 2.45) is 5.73 Å². The van der Waals surface area contributed by atoms with Crippen LogP contribution in [0.4, 0.5) is 19.0 Å². The third kappa shape index (κ3) is 2.20. The number of nitrogens with zero attached hydrogens (tertiary/aromatic N) is 1. The summed E-state index contributed by atoms with van der Waals surface area (Å²) >= 11 is 0. The van der Waals surface area contributed by atoms with Crippen LogP contribution < -0.4 is 11.1 Å². The zero-order valence-electron chi connectivity index (χ0n) is 7.75. The molecule has 1 heterocycles. The molecular weight excluding hydrogens is 207 g/mol. The molecule has 0 aromatic carbocycles. The molecule has 1 aliphatic carbocycles. The lowest BCUT2D eigenvalue weighted by Crippen LogP contribution is -2.17. The van der Waals surface area contributed by atoms with E-state index in [9.17, 15) is 13.2 Å². The van der Waals surface area contributed by atoms with Crippen molar-refractivity contribution in [2.75, 3.05) is 5.32 Å². The first kappa shape index (κ1) is 10.2. The number of hydrogen-bond donors (Lipinski definition) is 2. The van der Waals surface area contributed by atoms with E-state index in [2.05, 4.69) is 10.3 Å². The second-order valence-electron chi connectivity index (χ2n) is 3.55. The van der Waals surface area contributed by atoms with Crippen LogP contribution in [0.1, 0.15) is 12.0 Å². The van der Waals surface area contributed by atoms with E-state index in [0.717, 1.165) is 6.07 Å². The van der Waals surface area contributed by atoms with Crippen LogP contribution in [0.2, 0.25) is 0 Å². The number of halogens is 3. The van der Waals surface area contributed by atoms with Crippen molar-refractivity contribution < 1.29 is 13.2 Å². The molecule has 1 aliphatic rings. The molecule has 1 saturated carbocycles. The van der Waals surface area contributed by atoms with E-state index >= 15 is 0 Å². The fourth-order valence-electron chi connectivity index (χ4n) is 1.31. The minimum absolute atomic E-state index is 0.0620. The zero-order chi connectivity index (χ0) is 11.1. The number of hydrogen-bond acceptors (Lipinski definition) is 3. The molecule has 3 nitrogen and oxygen atoms in total. The Hall–Kier alpha value is -1.30. The Bertz CT molecular complexity index is 364. The highest BCUT2D eigenvalue weighted by molar-refractivity contribution is 5.47. The molecule has 0 amide bonds. The maximum absolute atomic E-state index is 12.5. The van der Waals surface area contributed by atoms with Crippen LogP contribution in [0.15, 0.2) is 18.3 Å². The molecule has 2 unspecified atom stereocenters. The molecule has 15 heavy (non-hydrogen) atoms. The maximum atomic E-state index is 12.5. The van der Waals surface area contributed by atoms with Crippen molar-refractivity contribution >= 4 is 5.82 Å². The number of rotatable bonds is 2. The first-order chi connectivity index (χ1) is 6.98. The highest BCUT2D eigenvalue weighted by atomic mass is 19.4. The third-order valence-electron chi connectivity index (χ3n) is 2.28. The quantitative estimate of drug-likeness (QED) is 0.791. The molecule has 1 aromatic heterocycles. The van der Waals surface area contributed by atoms with Crippen LogP contribution in [0, 0.1) is 0 Å². The van der Waals surface area contributed by atoms with E-state index in [1.807, 2.05) is 0 Å². The summed E-state index contributed by atoms with van der Waals surface area (Å²) in [6.07, 6.45) is -2.37. The highest BCUT2D eigenvalue weighted by Crippen LogP contribution is 2.35. The van der Waals surface area contributed by atoms with Crippen molar-refractivity contribution in [1.29, 1.82) is 0 Å². The van der Waals surface area contributed by atoms with Crippen LogP contribution >= 0.6 is 0 Å². The number of nitrogens with two attached hydrogens (primary N) is 1. The van der Waals surface area contributed by atoms with E-state index < -0.39 is 11.7 Å². The molecule has 0 radical (unpaired) electrons. The SMILES string of the molecule is NC1CC1Nc1ncccc1C(F)(F)F. The Kier molecular flexibility index (Phi) is 2.30. The lowest BCUT2D eigenvalue weighted by molar-refractivity contribution is -0.137. The van der Waals surface area contributed by atoms with Gasteiger partial charge in [0.1, 0.15) is 5.82 Å². The minimum atomic E-state index is -4.38. The summed E-state index contributed by atoms with van der Waals surface area (Å²) in [5.41, 5.74) is 4.76. The van der Waals surface area contributed by atoms with Crippen molar-refractivity contribution in [3.63, 3.8) is 0 Å². The summed E-state index contributed by atoms with van der Waals surface area (Å²) in [5, 5.41) is 2.68. The Morgan fingerprint density at radius 3 is 2.67 bits per heavy atom.